The highest BCUT2D eigenvalue weighted by Crippen LogP contribution is 2.22. The van der Waals surface area contributed by atoms with Gasteiger partial charge in [-0.1, -0.05) is 60.7 Å². The van der Waals surface area contributed by atoms with Gasteiger partial charge in [-0.25, -0.2) is 0 Å². The van der Waals surface area contributed by atoms with Crippen molar-refractivity contribution >= 4 is 11.6 Å². The monoisotopic (exact) mass is 397 g/mol. The quantitative estimate of drug-likeness (QED) is 0.332. The van der Waals surface area contributed by atoms with Gasteiger partial charge >= 0.3 is 0 Å². The van der Waals surface area contributed by atoms with E-state index in [9.17, 15) is 9.59 Å². The lowest BCUT2D eigenvalue weighted by Crippen LogP contribution is -2.04. The Hall–Kier alpha value is -3.33. The average Bonchev–Trinajstić information content (AvgIpc) is 2.75. The van der Waals surface area contributed by atoms with Crippen LogP contribution in [0.5, 0.6) is 0 Å². The van der Waals surface area contributed by atoms with Crippen molar-refractivity contribution in [3.8, 4) is 11.3 Å². The number of pyridine rings is 1. The maximum atomic E-state index is 12.1. The fourth-order valence-corrected chi connectivity index (χ4v) is 3.43. The van der Waals surface area contributed by atoms with E-state index in [1.807, 2.05) is 12.1 Å². The first-order valence-corrected chi connectivity index (χ1v) is 10.3. The summed E-state index contributed by atoms with van der Waals surface area (Å²) in [4.78, 5) is 28.3. The third kappa shape index (κ3) is 5.60. The molecule has 3 nitrogen and oxygen atoms in total. The molecule has 152 valence electrons. The van der Waals surface area contributed by atoms with Crippen LogP contribution in [0.3, 0.4) is 0 Å². The summed E-state index contributed by atoms with van der Waals surface area (Å²) in [6.07, 6.45) is 4.21. The molecule has 0 spiro atoms. The second-order valence-corrected chi connectivity index (χ2v) is 7.63. The molecule has 0 bridgehead atoms. The summed E-state index contributed by atoms with van der Waals surface area (Å²) in [5.74, 6) is 0.114. The SMILES string of the molecule is C=CC(=O)CCCc1ccc(-c2ccc(C(C)=O)c(Cc3ccc(C)cc3)n2)cc1. The summed E-state index contributed by atoms with van der Waals surface area (Å²) in [7, 11) is 0. The minimum Gasteiger partial charge on any atom is -0.295 e. The molecule has 0 saturated carbocycles. The highest BCUT2D eigenvalue weighted by atomic mass is 16.1. The molecule has 0 aliphatic heterocycles. The molecule has 0 N–H and O–H groups in total. The number of hydrogen-bond donors (Lipinski definition) is 0. The van der Waals surface area contributed by atoms with Crippen molar-refractivity contribution in [3.63, 3.8) is 0 Å². The first-order valence-electron chi connectivity index (χ1n) is 10.3. The van der Waals surface area contributed by atoms with Gasteiger partial charge in [-0.2, -0.15) is 0 Å². The summed E-state index contributed by atoms with van der Waals surface area (Å²) in [6.45, 7) is 7.15. The van der Waals surface area contributed by atoms with Crippen LogP contribution >= 0.6 is 0 Å². The molecular formula is C27H27NO2. The second-order valence-electron chi connectivity index (χ2n) is 7.63. The molecule has 0 amide bonds. The van der Waals surface area contributed by atoms with Crippen LogP contribution in [0.4, 0.5) is 0 Å². The van der Waals surface area contributed by atoms with Gasteiger partial charge in [-0.15, -0.1) is 0 Å². The van der Waals surface area contributed by atoms with E-state index in [2.05, 4.69) is 62.0 Å². The minimum atomic E-state index is 0.0283. The van der Waals surface area contributed by atoms with Gasteiger partial charge in [0, 0.05) is 24.0 Å². The zero-order chi connectivity index (χ0) is 21.5. The number of carbonyl (C=O) groups is 2. The molecule has 0 unspecified atom stereocenters. The Bertz CT molecular complexity index is 1050. The summed E-state index contributed by atoms with van der Waals surface area (Å²) < 4.78 is 0. The maximum Gasteiger partial charge on any atom is 0.161 e. The van der Waals surface area contributed by atoms with Gasteiger partial charge in [-0.05, 0) is 56.0 Å². The van der Waals surface area contributed by atoms with Crippen LogP contribution in [-0.4, -0.2) is 16.6 Å². The summed E-state index contributed by atoms with van der Waals surface area (Å²) >= 11 is 0. The fourth-order valence-electron chi connectivity index (χ4n) is 3.43. The summed E-state index contributed by atoms with van der Waals surface area (Å²) in [5.41, 5.74) is 6.88. The van der Waals surface area contributed by atoms with E-state index in [1.54, 1.807) is 6.92 Å². The van der Waals surface area contributed by atoms with Crippen LogP contribution in [0, 0.1) is 6.92 Å². The van der Waals surface area contributed by atoms with Crippen LogP contribution in [0.25, 0.3) is 11.3 Å². The lowest BCUT2D eigenvalue weighted by Gasteiger charge is -2.10. The molecule has 0 radical (unpaired) electrons. The van der Waals surface area contributed by atoms with Crippen LogP contribution < -0.4 is 0 Å². The van der Waals surface area contributed by atoms with Crippen molar-refractivity contribution in [1.82, 2.24) is 4.98 Å². The third-order valence-electron chi connectivity index (χ3n) is 5.21. The van der Waals surface area contributed by atoms with Crippen LogP contribution in [0.1, 0.15) is 52.5 Å². The molecule has 0 fully saturated rings. The Morgan fingerprint density at radius 1 is 0.933 bits per heavy atom. The van der Waals surface area contributed by atoms with E-state index in [4.69, 9.17) is 4.98 Å². The summed E-state index contributed by atoms with van der Waals surface area (Å²) in [5, 5.41) is 0. The standard InChI is InChI=1S/C27H27NO2/c1-4-24(30)7-5-6-21-12-14-23(15-13-21)26-17-16-25(20(3)29)27(28-26)18-22-10-8-19(2)9-11-22/h4,8-17H,1,5-7,18H2,2-3H3. The zero-order valence-electron chi connectivity index (χ0n) is 17.7. The topological polar surface area (TPSA) is 47.0 Å². The number of aryl methyl sites for hydroxylation is 2. The Labute approximate surface area is 178 Å². The molecular weight excluding hydrogens is 370 g/mol. The Kier molecular flexibility index (Phi) is 7.08. The normalized spacial score (nSPS) is 10.6. The van der Waals surface area contributed by atoms with Gasteiger partial charge in [0.2, 0.25) is 0 Å². The van der Waals surface area contributed by atoms with Crippen molar-refractivity contribution in [1.29, 1.82) is 0 Å². The van der Waals surface area contributed by atoms with Crippen molar-refractivity contribution in [3.05, 3.63) is 101 Å². The van der Waals surface area contributed by atoms with Gasteiger partial charge in [-0.3, -0.25) is 14.6 Å². The number of carbonyl (C=O) groups excluding carboxylic acids is 2. The maximum absolute atomic E-state index is 12.1. The first-order chi connectivity index (χ1) is 14.5. The number of allylic oxidation sites excluding steroid dienone is 1. The van der Waals surface area contributed by atoms with Crippen LogP contribution in [0.15, 0.2) is 73.3 Å². The van der Waals surface area contributed by atoms with E-state index in [0.717, 1.165) is 35.4 Å². The van der Waals surface area contributed by atoms with Gasteiger partial charge < -0.3 is 0 Å². The highest BCUT2D eigenvalue weighted by molar-refractivity contribution is 5.95. The van der Waals surface area contributed by atoms with Crippen molar-refractivity contribution < 1.29 is 9.59 Å². The van der Waals surface area contributed by atoms with Crippen molar-refractivity contribution in [2.45, 2.75) is 39.5 Å². The Balaban J connectivity index is 1.80. The molecule has 0 saturated heterocycles. The molecule has 1 aromatic heterocycles. The lowest BCUT2D eigenvalue weighted by molar-refractivity contribution is -0.114. The van der Waals surface area contributed by atoms with Gasteiger partial charge in [0.15, 0.2) is 11.6 Å². The van der Waals surface area contributed by atoms with Crippen LogP contribution in [0.2, 0.25) is 0 Å². The molecule has 2 aromatic carbocycles. The molecule has 0 aliphatic rings. The molecule has 0 atom stereocenters. The molecule has 30 heavy (non-hydrogen) atoms. The highest BCUT2D eigenvalue weighted by Gasteiger charge is 2.12. The molecule has 3 rings (SSSR count). The van der Waals surface area contributed by atoms with Crippen molar-refractivity contribution in [2.24, 2.45) is 0 Å². The molecule has 3 aromatic rings. The Morgan fingerprint density at radius 2 is 1.60 bits per heavy atom. The first kappa shape index (κ1) is 21.4. The fraction of sp³-hybridized carbons (Fsp3) is 0.222. The molecule has 0 aliphatic carbocycles. The van der Waals surface area contributed by atoms with Crippen LogP contribution in [-0.2, 0) is 17.6 Å². The van der Waals surface area contributed by atoms with E-state index < -0.39 is 0 Å². The van der Waals surface area contributed by atoms with Gasteiger partial charge in [0.05, 0.1) is 11.4 Å². The third-order valence-corrected chi connectivity index (χ3v) is 5.21. The number of Topliss-reactive ketones (excluding diaryl/α,β-unsaturated/α-hetero) is 1. The second kappa shape index (κ2) is 9.93. The average molecular weight is 398 g/mol. The number of nitrogens with zero attached hydrogens (tertiary/aromatic N) is 1. The minimum absolute atomic E-state index is 0.0283. The molecule has 1 heterocycles. The number of benzene rings is 2. The van der Waals surface area contributed by atoms with E-state index in [0.29, 0.717) is 18.4 Å². The largest absolute Gasteiger partial charge is 0.295 e. The lowest BCUT2D eigenvalue weighted by atomic mass is 9.99. The smallest absolute Gasteiger partial charge is 0.161 e. The molecule has 3 heteroatoms. The van der Waals surface area contributed by atoms with Gasteiger partial charge in [0.1, 0.15) is 0 Å². The van der Waals surface area contributed by atoms with Gasteiger partial charge in [0.25, 0.3) is 0 Å². The van der Waals surface area contributed by atoms with E-state index in [-0.39, 0.29) is 11.6 Å². The van der Waals surface area contributed by atoms with E-state index >= 15 is 0 Å². The predicted molar refractivity (Wildman–Crippen MR) is 122 cm³/mol. The summed E-state index contributed by atoms with van der Waals surface area (Å²) in [6, 6.07) is 20.4. The number of ketones is 2. The Morgan fingerprint density at radius 3 is 2.23 bits per heavy atom. The number of aromatic nitrogens is 1. The zero-order valence-corrected chi connectivity index (χ0v) is 17.7. The number of hydrogen-bond acceptors (Lipinski definition) is 3. The predicted octanol–water partition coefficient (Wildman–Crippen LogP) is 5.93. The van der Waals surface area contributed by atoms with E-state index in [1.165, 1.54) is 17.2 Å². The number of rotatable bonds is 9. The van der Waals surface area contributed by atoms with Crippen molar-refractivity contribution in [2.75, 3.05) is 0 Å².